The van der Waals surface area contributed by atoms with Crippen molar-refractivity contribution < 1.29 is 9.90 Å². The molecule has 1 amide bonds. The fourth-order valence-corrected chi connectivity index (χ4v) is 2.64. The topological polar surface area (TPSA) is 49.3 Å². The summed E-state index contributed by atoms with van der Waals surface area (Å²) in [7, 11) is 0. The van der Waals surface area contributed by atoms with Crippen LogP contribution < -0.4 is 5.32 Å². The number of hydrogen-bond donors (Lipinski definition) is 2. The van der Waals surface area contributed by atoms with E-state index >= 15 is 0 Å². The van der Waals surface area contributed by atoms with E-state index in [4.69, 9.17) is 16.7 Å². The summed E-state index contributed by atoms with van der Waals surface area (Å²) in [5.74, 6) is -0.0396. The van der Waals surface area contributed by atoms with Crippen molar-refractivity contribution in [3.05, 3.63) is 70.2 Å². The van der Waals surface area contributed by atoms with Crippen molar-refractivity contribution in [3.8, 4) is 0 Å². The summed E-state index contributed by atoms with van der Waals surface area (Å²) in [6, 6.07) is 15.4. The van der Waals surface area contributed by atoms with Gasteiger partial charge in [0.15, 0.2) is 0 Å². The van der Waals surface area contributed by atoms with Crippen LogP contribution in [0.1, 0.15) is 23.6 Å². The van der Waals surface area contributed by atoms with Crippen LogP contribution in [0.3, 0.4) is 0 Å². The maximum atomic E-state index is 12.1. The zero-order chi connectivity index (χ0) is 16.7. The lowest BCUT2D eigenvalue weighted by Gasteiger charge is -2.12. The third-order valence-electron chi connectivity index (χ3n) is 3.80. The Kier molecular flexibility index (Phi) is 6.63. The van der Waals surface area contributed by atoms with E-state index in [1.165, 1.54) is 0 Å². The van der Waals surface area contributed by atoms with Gasteiger partial charge in [-0.05, 0) is 41.7 Å². The lowest BCUT2D eigenvalue weighted by Crippen LogP contribution is -2.31. The van der Waals surface area contributed by atoms with Crippen molar-refractivity contribution in [1.82, 2.24) is 5.32 Å². The molecule has 0 radical (unpaired) electrons. The average molecular weight is 332 g/mol. The van der Waals surface area contributed by atoms with Gasteiger partial charge in [-0.1, -0.05) is 54.9 Å². The third kappa shape index (κ3) is 5.70. The Balaban J connectivity index is 1.77. The molecule has 0 aliphatic carbocycles. The van der Waals surface area contributed by atoms with Gasteiger partial charge in [0, 0.05) is 17.5 Å². The molecule has 0 aliphatic heterocycles. The molecule has 23 heavy (non-hydrogen) atoms. The summed E-state index contributed by atoms with van der Waals surface area (Å²) in [4.78, 5) is 12.1. The van der Waals surface area contributed by atoms with Crippen LogP contribution in [0.4, 0.5) is 0 Å². The van der Waals surface area contributed by atoms with E-state index in [1.807, 2.05) is 55.5 Å². The molecular formula is C19H22ClNO2. The van der Waals surface area contributed by atoms with Gasteiger partial charge >= 0.3 is 0 Å². The van der Waals surface area contributed by atoms with Crippen LogP contribution in [-0.4, -0.2) is 17.6 Å². The van der Waals surface area contributed by atoms with Gasteiger partial charge in [-0.15, -0.1) is 0 Å². The van der Waals surface area contributed by atoms with Gasteiger partial charge in [0.25, 0.3) is 0 Å². The number of carbonyl (C=O) groups excluding carboxylic acids is 1. The maximum absolute atomic E-state index is 12.1. The highest BCUT2D eigenvalue weighted by Gasteiger charge is 2.13. The van der Waals surface area contributed by atoms with Gasteiger partial charge in [-0.25, -0.2) is 0 Å². The molecule has 0 saturated heterocycles. The number of amides is 1. The number of benzene rings is 2. The zero-order valence-corrected chi connectivity index (χ0v) is 14.0. The standard InChI is InChI=1S/C19H22ClNO2/c1-14(11-17-3-2-4-18(20)12-17)19(23)21-10-9-15-5-7-16(13-22)8-6-15/h2-8,12,14,22H,9-11,13H2,1H3,(H,21,23). The van der Waals surface area contributed by atoms with E-state index in [0.717, 1.165) is 23.1 Å². The van der Waals surface area contributed by atoms with Crippen LogP contribution >= 0.6 is 11.6 Å². The van der Waals surface area contributed by atoms with Gasteiger partial charge in [-0.3, -0.25) is 4.79 Å². The first-order chi connectivity index (χ1) is 11.1. The molecule has 0 heterocycles. The molecule has 0 bridgehead atoms. The van der Waals surface area contributed by atoms with Crippen LogP contribution in [0, 0.1) is 5.92 Å². The summed E-state index contributed by atoms with van der Waals surface area (Å²) >= 11 is 5.96. The number of aliphatic hydroxyl groups excluding tert-OH is 1. The first-order valence-electron chi connectivity index (χ1n) is 7.79. The minimum atomic E-state index is -0.0924. The Labute approximate surface area is 142 Å². The zero-order valence-electron chi connectivity index (χ0n) is 13.3. The molecule has 2 aromatic rings. The minimum Gasteiger partial charge on any atom is -0.392 e. The molecule has 3 nitrogen and oxygen atoms in total. The second-order valence-corrected chi connectivity index (χ2v) is 6.19. The summed E-state index contributed by atoms with van der Waals surface area (Å²) in [5.41, 5.74) is 3.11. The quantitative estimate of drug-likeness (QED) is 0.817. The number of hydrogen-bond acceptors (Lipinski definition) is 2. The van der Waals surface area contributed by atoms with Crippen LogP contribution in [-0.2, 0) is 24.2 Å². The molecule has 4 heteroatoms. The molecule has 0 aromatic heterocycles. The molecule has 0 spiro atoms. The molecule has 2 rings (SSSR count). The van der Waals surface area contributed by atoms with Crippen LogP contribution in [0.25, 0.3) is 0 Å². The predicted octanol–water partition coefficient (Wildman–Crippen LogP) is 3.37. The van der Waals surface area contributed by atoms with E-state index < -0.39 is 0 Å². The molecule has 0 fully saturated rings. The number of carbonyl (C=O) groups is 1. The largest absolute Gasteiger partial charge is 0.392 e. The second-order valence-electron chi connectivity index (χ2n) is 5.75. The lowest BCUT2D eigenvalue weighted by molar-refractivity contribution is -0.124. The highest BCUT2D eigenvalue weighted by Crippen LogP contribution is 2.14. The molecule has 1 unspecified atom stereocenters. The first-order valence-corrected chi connectivity index (χ1v) is 8.17. The molecular weight excluding hydrogens is 310 g/mol. The van der Waals surface area contributed by atoms with Gasteiger partial charge in [0.1, 0.15) is 0 Å². The third-order valence-corrected chi connectivity index (χ3v) is 4.03. The predicted molar refractivity (Wildman–Crippen MR) is 93.4 cm³/mol. The van der Waals surface area contributed by atoms with Crippen molar-refractivity contribution >= 4 is 17.5 Å². The van der Waals surface area contributed by atoms with Crippen molar-refractivity contribution in [2.24, 2.45) is 5.92 Å². The molecule has 122 valence electrons. The van der Waals surface area contributed by atoms with E-state index in [1.54, 1.807) is 0 Å². The molecule has 2 N–H and O–H groups in total. The smallest absolute Gasteiger partial charge is 0.223 e. The highest BCUT2D eigenvalue weighted by atomic mass is 35.5. The van der Waals surface area contributed by atoms with Crippen LogP contribution in [0.2, 0.25) is 5.02 Å². The highest BCUT2D eigenvalue weighted by molar-refractivity contribution is 6.30. The fraction of sp³-hybridized carbons (Fsp3) is 0.316. The number of rotatable bonds is 7. The summed E-state index contributed by atoms with van der Waals surface area (Å²) < 4.78 is 0. The van der Waals surface area contributed by atoms with E-state index in [-0.39, 0.29) is 18.4 Å². The molecule has 1 atom stereocenters. The summed E-state index contributed by atoms with van der Waals surface area (Å²) in [6.07, 6.45) is 1.46. The monoisotopic (exact) mass is 331 g/mol. The van der Waals surface area contributed by atoms with Crippen molar-refractivity contribution in [1.29, 1.82) is 0 Å². The fourth-order valence-electron chi connectivity index (χ4n) is 2.43. The van der Waals surface area contributed by atoms with E-state index in [0.29, 0.717) is 18.0 Å². The van der Waals surface area contributed by atoms with Gasteiger partial charge in [-0.2, -0.15) is 0 Å². The van der Waals surface area contributed by atoms with Crippen LogP contribution in [0.15, 0.2) is 48.5 Å². The summed E-state index contributed by atoms with van der Waals surface area (Å²) in [5, 5.41) is 12.7. The Morgan fingerprint density at radius 3 is 2.48 bits per heavy atom. The van der Waals surface area contributed by atoms with Crippen molar-refractivity contribution in [3.63, 3.8) is 0 Å². The van der Waals surface area contributed by atoms with Gasteiger partial charge in [0.05, 0.1) is 6.61 Å². The number of halogens is 1. The average Bonchev–Trinajstić information content (AvgIpc) is 2.55. The minimum absolute atomic E-state index is 0.0527. The summed E-state index contributed by atoms with van der Waals surface area (Å²) in [6.45, 7) is 2.58. The Hall–Kier alpha value is -1.84. The SMILES string of the molecule is CC(Cc1cccc(Cl)c1)C(=O)NCCc1ccc(CO)cc1. The normalized spacial score (nSPS) is 12.0. The van der Waals surface area contributed by atoms with Crippen LogP contribution in [0.5, 0.6) is 0 Å². The Morgan fingerprint density at radius 2 is 1.83 bits per heavy atom. The Morgan fingerprint density at radius 1 is 1.13 bits per heavy atom. The van der Waals surface area contributed by atoms with E-state index in [2.05, 4.69) is 5.32 Å². The molecule has 2 aromatic carbocycles. The van der Waals surface area contributed by atoms with Gasteiger partial charge < -0.3 is 10.4 Å². The van der Waals surface area contributed by atoms with Crippen molar-refractivity contribution in [2.75, 3.05) is 6.54 Å². The first kappa shape index (κ1) is 17.5. The number of aliphatic hydroxyl groups is 1. The molecule has 0 saturated carbocycles. The second kappa shape index (κ2) is 8.70. The lowest BCUT2D eigenvalue weighted by atomic mass is 10.0. The molecule has 0 aliphatic rings. The van der Waals surface area contributed by atoms with Crippen molar-refractivity contribution in [2.45, 2.75) is 26.4 Å². The number of nitrogens with one attached hydrogen (secondary N) is 1. The van der Waals surface area contributed by atoms with Gasteiger partial charge in [0.2, 0.25) is 5.91 Å². The maximum Gasteiger partial charge on any atom is 0.223 e. The Bertz CT molecular complexity index is 640. The van der Waals surface area contributed by atoms with E-state index in [9.17, 15) is 4.79 Å².